The van der Waals surface area contributed by atoms with Crippen LogP contribution in [0.4, 0.5) is 14.6 Å². The predicted octanol–water partition coefficient (Wildman–Crippen LogP) is 5.24. The highest BCUT2D eigenvalue weighted by atomic mass is 35.5. The van der Waals surface area contributed by atoms with Gasteiger partial charge < -0.3 is 14.8 Å². The number of carbonyl (C=O) groups is 1. The second-order valence-electron chi connectivity index (χ2n) is 5.88. The van der Waals surface area contributed by atoms with Gasteiger partial charge in [-0.25, -0.2) is 4.98 Å². The van der Waals surface area contributed by atoms with Crippen molar-refractivity contribution in [2.24, 2.45) is 0 Å². The maximum Gasteiger partial charge on any atom is 0.586 e. The van der Waals surface area contributed by atoms with Gasteiger partial charge in [-0.05, 0) is 24.6 Å². The molecule has 0 radical (unpaired) electrons. The highest BCUT2D eigenvalue weighted by molar-refractivity contribution is 6.33. The van der Waals surface area contributed by atoms with E-state index in [1.54, 1.807) is 12.1 Å². The third-order valence-electron chi connectivity index (χ3n) is 3.84. The molecule has 1 aromatic heterocycles. The van der Waals surface area contributed by atoms with Crippen LogP contribution in [0.25, 0.3) is 11.1 Å². The second-order valence-corrected chi connectivity index (χ2v) is 6.29. The zero-order valence-corrected chi connectivity index (χ0v) is 14.8. The Bertz CT molecular complexity index is 813. The van der Waals surface area contributed by atoms with Crippen LogP contribution in [0, 0.1) is 0 Å². The molecule has 0 fully saturated rings. The lowest BCUT2D eigenvalue weighted by molar-refractivity contribution is -0.286. The molecule has 1 aliphatic rings. The second kappa shape index (κ2) is 7.45. The highest BCUT2D eigenvalue weighted by Crippen LogP contribution is 2.45. The zero-order chi connectivity index (χ0) is 18.7. The van der Waals surface area contributed by atoms with E-state index in [4.69, 9.17) is 11.6 Å². The summed E-state index contributed by atoms with van der Waals surface area (Å²) in [5.41, 5.74) is 1.07. The number of ether oxygens (including phenoxy) is 2. The van der Waals surface area contributed by atoms with Gasteiger partial charge in [0.1, 0.15) is 5.82 Å². The smallest absolute Gasteiger partial charge is 0.395 e. The molecule has 0 saturated carbocycles. The number of nitrogens with one attached hydrogen (secondary N) is 1. The molecule has 0 unspecified atom stereocenters. The van der Waals surface area contributed by atoms with Crippen molar-refractivity contribution < 1.29 is 23.0 Å². The summed E-state index contributed by atoms with van der Waals surface area (Å²) in [6, 6.07) is 5.97. The van der Waals surface area contributed by atoms with Crippen LogP contribution in [0.15, 0.2) is 30.5 Å². The quantitative estimate of drug-likeness (QED) is 0.694. The van der Waals surface area contributed by atoms with Crippen molar-refractivity contribution in [1.29, 1.82) is 0 Å². The van der Waals surface area contributed by atoms with Crippen molar-refractivity contribution in [3.8, 4) is 22.6 Å². The van der Waals surface area contributed by atoms with Gasteiger partial charge in [0.15, 0.2) is 11.5 Å². The minimum Gasteiger partial charge on any atom is -0.395 e. The number of pyridine rings is 1. The van der Waals surface area contributed by atoms with Crippen molar-refractivity contribution in [2.45, 2.75) is 38.9 Å². The number of halogens is 3. The summed E-state index contributed by atoms with van der Waals surface area (Å²) >= 11 is 6.15. The molecule has 3 rings (SSSR count). The van der Waals surface area contributed by atoms with Crippen LogP contribution >= 0.6 is 11.6 Å². The minimum atomic E-state index is -3.70. The zero-order valence-electron chi connectivity index (χ0n) is 14.0. The maximum absolute atomic E-state index is 13.1. The van der Waals surface area contributed by atoms with Gasteiger partial charge in [-0.2, -0.15) is 0 Å². The fourth-order valence-corrected chi connectivity index (χ4v) is 2.82. The molecule has 138 valence electrons. The number of benzene rings is 1. The molecule has 26 heavy (non-hydrogen) atoms. The number of alkyl halides is 2. The summed E-state index contributed by atoms with van der Waals surface area (Å²) in [6.07, 6.45) is 1.12. The number of hydrogen-bond acceptors (Lipinski definition) is 4. The van der Waals surface area contributed by atoms with Gasteiger partial charge in [0.2, 0.25) is 5.91 Å². The van der Waals surface area contributed by atoms with E-state index in [1.165, 1.54) is 18.3 Å². The molecule has 1 N–H and O–H groups in total. The monoisotopic (exact) mass is 382 g/mol. The van der Waals surface area contributed by atoms with Crippen LogP contribution in [0.5, 0.6) is 11.5 Å². The average Bonchev–Trinajstić information content (AvgIpc) is 2.88. The van der Waals surface area contributed by atoms with Crippen LogP contribution in [0.1, 0.15) is 32.6 Å². The van der Waals surface area contributed by atoms with E-state index in [9.17, 15) is 13.6 Å². The molecular formula is C18H17ClF2N2O3. The Kier molecular flexibility index (Phi) is 5.27. The van der Waals surface area contributed by atoms with Gasteiger partial charge in [-0.15, -0.1) is 8.78 Å². The molecular weight excluding hydrogens is 366 g/mol. The Hall–Kier alpha value is -2.41. The van der Waals surface area contributed by atoms with Crippen molar-refractivity contribution in [1.82, 2.24) is 4.98 Å². The Morgan fingerprint density at radius 2 is 1.96 bits per heavy atom. The summed E-state index contributed by atoms with van der Waals surface area (Å²) in [5.74, 6) is 0.107. The van der Waals surface area contributed by atoms with E-state index in [1.807, 2.05) is 0 Å². The van der Waals surface area contributed by atoms with Crippen molar-refractivity contribution >= 4 is 23.3 Å². The molecule has 1 aromatic carbocycles. The largest absolute Gasteiger partial charge is 0.586 e. The molecule has 0 aliphatic carbocycles. The summed E-state index contributed by atoms with van der Waals surface area (Å²) in [6.45, 7) is 2.07. The average molecular weight is 383 g/mol. The third-order valence-corrected chi connectivity index (χ3v) is 4.15. The maximum atomic E-state index is 13.1. The normalized spacial score (nSPS) is 14.3. The van der Waals surface area contributed by atoms with Crippen molar-refractivity contribution in [3.63, 3.8) is 0 Å². The molecule has 0 saturated heterocycles. The summed E-state index contributed by atoms with van der Waals surface area (Å²) < 4.78 is 35.1. The number of carbonyl (C=O) groups excluding carboxylic acids is 1. The molecule has 1 amide bonds. The lowest BCUT2D eigenvalue weighted by Gasteiger charge is -2.08. The molecule has 0 bridgehead atoms. The number of anilines is 1. The molecule has 0 spiro atoms. The van der Waals surface area contributed by atoms with Crippen molar-refractivity contribution in [3.05, 3.63) is 35.5 Å². The van der Waals surface area contributed by atoms with Crippen LogP contribution in [-0.2, 0) is 4.79 Å². The van der Waals surface area contributed by atoms with Gasteiger partial charge in [0.05, 0.1) is 5.02 Å². The van der Waals surface area contributed by atoms with E-state index in [-0.39, 0.29) is 22.4 Å². The van der Waals surface area contributed by atoms with E-state index in [0.29, 0.717) is 23.4 Å². The lowest BCUT2D eigenvalue weighted by atomic mass is 10.1. The lowest BCUT2D eigenvalue weighted by Crippen LogP contribution is -2.25. The van der Waals surface area contributed by atoms with Crippen LogP contribution in [0.3, 0.4) is 0 Å². The van der Waals surface area contributed by atoms with E-state index < -0.39 is 6.29 Å². The summed E-state index contributed by atoms with van der Waals surface area (Å²) in [4.78, 5) is 16.0. The molecule has 2 heterocycles. The first-order valence-electron chi connectivity index (χ1n) is 8.23. The SMILES string of the molecule is CCCCCC(=O)Nc1ccc(-c2cc3c(cc2Cl)OC(F)(F)O3)cn1. The molecule has 8 heteroatoms. The van der Waals surface area contributed by atoms with Crippen LogP contribution in [-0.4, -0.2) is 17.2 Å². The minimum absolute atomic E-state index is 0.0947. The topological polar surface area (TPSA) is 60.5 Å². The summed E-state index contributed by atoms with van der Waals surface area (Å²) in [7, 11) is 0. The Balaban J connectivity index is 1.72. The first kappa shape index (κ1) is 18.4. The molecule has 5 nitrogen and oxygen atoms in total. The fourth-order valence-electron chi connectivity index (χ4n) is 2.56. The van der Waals surface area contributed by atoms with E-state index >= 15 is 0 Å². The van der Waals surface area contributed by atoms with Gasteiger partial charge in [-0.1, -0.05) is 31.4 Å². The van der Waals surface area contributed by atoms with Gasteiger partial charge >= 0.3 is 6.29 Å². The number of amides is 1. The van der Waals surface area contributed by atoms with Crippen LogP contribution < -0.4 is 14.8 Å². The Labute approximate surface area is 154 Å². The van der Waals surface area contributed by atoms with Crippen molar-refractivity contribution in [2.75, 3.05) is 5.32 Å². The standard InChI is InChI=1S/C18H17ClF2N2O3/c1-2-3-4-5-17(24)23-16-7-6-11(10-22-16)12-8-14-15(9-13(12)19)26-18(20,21)25-14/h6-10H,2-5H2,1H3,(H,22,23,24). The highest BCUT2D eigenvalue weighted by Gasteiger charge is 2.43. The van der Waals surface area contributed by atoms with E-state index in [2.05, 4.69) is 26.7 Å². The van der Waals surface area contributed by atoms with E-state index in [0.717, 1.165) is 19.3 Å². The number of aromatic nitrogens is 1. The molecule has 0 atom stereocenters. The fraction of sp³-hybridized carbons (Fsp3) is 0.333. The number of hydrogen-bond donors (Lipinski definition) is 1. The van der Waals surface area contributed by atoms with Crippen LogP contribution in [0.2, 0.25) is 5.02 Å². The number of nitrogens with zero attached hydrogens (tertiary/aromatic N) is 1. The first-order valence-corrected chi connectivity index (χ1v) is 8.61. The van der Waals surface area contributed by atoms with Gasteiger partial charge in [0.25, 0.3) is 0 Å². The molecule has 2 aromatic rings. The number of fused-ring (bicyclic) bond motifs is 1. The van der Waals surface area contributed by atoms with Gasteiger partial charge in [0, 0.05) is 29.8 Å². The predicted molar refractivity (Wildman–Crippen MR) is 93.7 cm³/mol. The number of rotatable bonds is 6. The summed E-state index contributed by atoms with van der Waals surface area (Å²) in [5, 5.41) is 2.94. The number of unbranched alkanes of at least 4 members (excludes halogenated alkanes) is 2. The molecule has 1 aliphatic heterocycles. The first-order chi connectivity index (χ1) is 12.4. The Morgan fingerprint density at radius 3 is 2.62 bits per heavy atom. The Morgan fingerprint density at radius 1 is 1.23 bits per heavy atom. The third kappa shape index (κ3) is 4.22. The van der Waals surface area contributed by atoms with Gasteiger partial charge in [-0.3, -0.25) is 4.79 Å².